The summed E-state index contributed by atoms with van der Waals surface area (Å²) in [5.74, 6) is -1.29. The first-order valence-electron chi connectivity index (χ1n) is 4.88. The van der Waals surface area contributed by atoms with Crippen LogP contribution in [0.5, 0.6) is 0 Å². The maximum atomic E-state index is 10.6. The molecule has 0 saturated heterocycles. The van der Waals surface area contributed by atoms with Crippen molar-refractivity contribution in [1.29, 1.82) is 0 Å². The van der Waals surface area contributed by atoms with E-state index in [1.54, 1.807) is 4.68 Å². The zero-order valence-corrected chi connectivity index (χ0v) is 9.74. The number of carbonyl (C=O) groups is 1. The molecular formula is C11H11LiN3O2. The number of hydrogen-bond acceptors (Lipinski definition) is 3. The van der Waals surface area contributed by atoms with Crippen LogP contribution in [-0.2, 0) is 0 Å². The number of hydrogen-bond donors (Lipinski definition) is 1. The Morgan fingerprint density at radius 2 is 2.00 bits per heavy atom. The van der Waals surface area contributed by atoms with E-state index in [1.165, 1.54) is 6.33 Å². The van der Waals surface area contributed by atoms with Gasteiger partial charge in [-0.25, -0.2) is 14.5 Å². The summed E-state index contributed by atoms with van der Waals surface area (Å²) in [6.07, 6.45) is 1.43. The molecule has 0 fully saturated rings. The van der Waals surface area contributed by atoms with Crippen LogP contribution in [0.25, 0.3) is 0 Å². The first kappa shape index (κ1) is 13.5. The zero-order chi connectivity index (χ0) is 11.5. The van der Waals surface area contributed by atoms with E-state index in [0.29, 0.717) is 0 Å². The second kappa shape index (κ2) is 5.67. The number of aromatic nitrogens is 3. The van der Waals surface area contributed by atoms with Crippen LogP contribution in [0.15, 0.2) is 36.7 Å². The van der Waals surface area contributed by atoms with E-state index in [1.807, 2.05) is 37.3 Å². The average molecular weight is 224 g/mol. The number of benzene rings is 1. The van der Waals surface area contributed by atoms with E-state index in [2.05, 4.69) is 10.1 Å². The number of aromatic carboxylic acids is 1. The number of carboxylic acid groups (broad SMARTS) is 1. The van der Waals surface area contributed by atoms with Crippen molar-refractivity contribution in [2.75, 3.05) is 0 Å². The molecule has 1 aromatic carbocycles. The first-order chi connectivity index (χ1) is 7.68. The molecular weight excluding hydrogens is 213 g/mol. The molecule has 0 aliphatic carbocycles. The van der Waals surface area contributed by atoms with Crippen LogP contribution in [0, 0.1) is 0 Å². The summed E-state index contributed by atoms with van der Waals surface area (Å²) in [7, 11) is 0. The van der Waals surface area contributed by atoms with Gasteiger partial charge in [0, 0.05) is 18.9 Å². The predicted octanol–water partition coefficient (Wildman–Crippen LogP) is 1.20. The smallest absolute Gasteiger partial charge is 0.375 e. The van der Waals surface area contributed by atoms with Crippen molar-refractivity contribution in [1.82, 2.24) is 14.8 Å². The van der Waals surface area contributed by atoms with E-state index in [9.17, 15) is 4.79 Å². The second-order valence-corrected chi connectivity index (χ2v) is 3.44. The van der Waals surface area contributed by atoms with Crippen molar-refractivity contribution >= 4 is 24.8 Å². The van der Waals surface area contributed by atoms with Crippen molar-refractivity contribution in [3.05, 3.63) is 48.0 Å². The van der Waals surface area contributed by atoms with Crippen molar-refractivity contribution in [3.8, 4) is 0 Å². The topological polar surface area (TPSA) is 68.0 Å². The normalized spacial score (nSPS) is 11.6. The Balaban J connectivity index is 0.00000144. The van der Waals surface area contributed by atoms with Crippen molar-refractivity contribution < 1.29 is 9.90 Å². The summed E-state index contributed by atoms with van der Waals surface area (Å²) >= 11 is 0. The van der Waals surface area contributed by atoms with Crippen molar-refractivity contribution in [2.24, 2.45) is 0 Å². The molecule has 83 valence electrons. The zero-order valence-electron chi connectivity index (χ0n) is 9.74. The van der Waals surface area contributed by atoms with Gasteiger partial charge in [0.2, 0.25) is 0 Å². The second-order valence-electron chi connectivity index (χ2n) is 3.44. The SMILES string of the molecule is CC(c1ccccc1)n1cnc(C(=O)O)n1.[Li]. The van der Waals surface area contributed by atoms with Gasteiger partial charge < -0.3 is 5.11 Å². The Labute approximate surface area is 111 Å². The summed E-state index contributed by atoms with van der Waals surface area (Å²) in [5, 5.41) is 12.6. The van der Waals surface area contributed by atoms with Crippen LogP contribution in [0.3, 0.4) is 0 Å². The van der Waals surface area contributed by atoms with Crippen LogP contribution in [-0.4, -0.2) is 44.7 Å². The number of nitrogens with zero attached hydrogens (tertiary/aromatic N) is 3. The maximum absolute atomic E-state index is 10.6. The summed E-state index contributed by atoms with van der Waals surface area (Å²) in [6.45, 7) is 1.94. The standard InChI is InChI=1S/C11H11N3O2.Li/c1-8(9-5-3-2-4-6-9)14-7-12-10(13-14)11(15)16;/h2-8H,1H3,(H,15,16);. The van der Waals surface area contributed by atoms with Gasteiger partial charge in [0.1, 0.15) is 6.33 Å². The van der Waals surface area contributed by atoms with Crippen LogP contribution < -0.4 is 0 Å². The van der Waals surface area contributed by atoms with Crippen molar-refractivity contribution in [2.45, 2.75) is 13.0 Å². The van der Waals surface area contributed by atoms with E-state index >= 15 is 0 Å². The van der Waals surface area contributed by atoms with Gasteiger partial charge in [-0.05, 0) is 12.5 Å². The van der Waals surface area contributed by atoms with Gasteiger partial charge in [0.05, 0.1) is 6.04 Å². The van der Waals surface area contributed by atoms with E-state index in [0.717, 1.165) is 5.56 Å². The molecule has 2 aromatic rings. The van der Waals surface area contributed by atoms with E-state index in [-0.39, 0.29) is 30.7 Å². The van der Waals surface area contributed by atoms with Gasteiger partial charge in [-0.3, -0.25) is 0 Å². The molecule has 1 unspecified atom stereocenters. The molecule has 17 heavy (non-hydrogen) atoms. The largest absolute Gasteiger partial charge is 0.475 e. The quantitative estimate of drug-likeness (QED) is 0.795. The molecule has 5 nitrogen and oxygen atoms in total. The maximum Gasteiger partial charge on any atom is 0.375 e. The molecule has 1 heterocycles. The molecule has 2 rings (SSSR count). The molecule has 1 aromatic heterocycles. The molecule has 0 spiro atoms. The Kier molecular flexibility index (Phi) is 4.50. The van der Waals surface area contributed by atoms with Gasteiger partial charge in [-0.15, -0.1) is 5.10 Å². The number of rotatable bonds is 3. The Hall–Kier alpha value is -1.57. The number of carboxylic acids is 1. The monoisotopic (exact) mass is 224 g/mol. The van der Waals surface area contributed by atoms with E-state index < -0.39 is 5.97 Å². The van der Waals surface area contributed by atoms with Crippen LogP contribution in [0.1, 0.15) is 29.1 Å². The Morgan fingerprint density at radius 1 is 1.35 bits per heavy atom. The summed E-state index contributed by atoms with van der Waals surface area (Å²) in [4.78, 5) is 14.3. The fourth-order valence-electron chi connectivity index (χ4n) is 1.44. The van der Waals surface area contributed by atoms with Gasteiger partial charge in [0.15, 0.2) is 0 Å². The van der Waals surface area contributed by atoms with E-state index in [4.69, 9.17) is 5.11 Å². The molecule has 0 aliphatic heterocycles. The molecule has 0 aliphatic rings. The third-order valence-electron chi connectivity index (χ3n) is 2.38. The fraction of sp³-hybridized carbons (Fsp3) is 0.182. The minimum atomic E-state index is -1.11. The molecule has 0 amide bonds. The third-order valence-corrected chi connectivity index (χ3v) is 2.38. The minimum Gasteiger partial charge on any atom is -0.475 e. The summed E-state index contributed by atoms with van der Waals surface area (Å²) in [6, 6.07) is 9.70. The summed E-state index contributed by atoms with van der Waals surface area (Å²) in [5.41, 5.74) is 1.06. The molecule has 0 saturated carbocycles. The van der Waals surface area contributed by atoms with Gasteiger partial charge in [-0.2, -0.15) is 0 Å². The van der Waals surface area contributed by atoms with Crippen LogP contribution in [0.2, 0.25) is 0 Å². The predicted molar refractivity (Wildman–Crippen MR) is 63.0 cm³/mol. The molecule has 1 N–H and O–H groups in total. The van der Waals surface area contributed by atoms with Gasteiger partial charge in [0.25, 0.3) is 5.82 Å². The van der Waals surface area contributed by atoms with Gasteiger partial charge >= 0.3 is 5.97 Å². The average Bonchev–Trinajstić information content (AvgIpc) is 2.78. The first-order valence-corrected chi connectivity index (χ1v) is 4.88. The Bertz CT molecular complexity index is 498. The molecule has 6 heteroatoms. The van der Waals surface area contributed by atoms with Crippen LogP contribution >= 0.6 is 0 Å². The Morgan fingerprint density at radius 3 is 2.53 bits per heavy atom. The minimum absolute atomic E-state index is 0. The fourth-order valence-corrected chi connectivity index (χ4v) is 1.44. The molecule has 1 atom stereocenters. The molecule has 0 bridgehead atoms. The van der Waals surface area contributed by atoms with Crippen molar-refractivity contribution in [3.63, 3.8) is 0 Å². The third kappa shape index (κ3) is 2.96. The summed E-state index contributed by atoms with van der Waals surface area (Å²) < 4.78 is 1.54. The van der Waals surface area contributed by atoms with Gasteiger partial charge in [-0.1, -0.05) is 30.3 Å². The van der Waals surface area contributed by atoms with Crippen LogP contribution in [0.4, 0.5) is 0 Å². The molecule has 1 radical (unpaired) electrons.